The summed E-state index contributed by atoms with van der Waals surface area (Å²) in [5.41, 5.74) is 5.87. The zero-order chi connectivity index (χ0) is 14.7. The van der Waals surface area contributed by atoms with E-state index in [2.05, 4.69) is 17.1 Å². The zero-order valence-corrected chi connectivity index (χ0v) is 11.3. The van der Waals surface area contributed by atoms with Gasteiger partial charge >= 0.3 is 0 Å². The molecule has 20 heavy (non-hydrogen) atoms. The molecular weight excluding hydrogens is 260 g/mol. The topological polar surface area (TPSA) is 102 Å². The first-order valence-electron chi connectivity index (χ1n) is 6.50. The number of carbonyl (C=O) groups excluding carboxylic acids is 1. The summed E-state index contributed by atoms with van der Waals surface area (Å²) in [4.78, 5) is 23.9. The molecule has 0 aliphatic carbocycles. The van der Waals surface area contributed by atoms with Gasteiger partial charge in [0.1, 0.15) is 0 Å². The van der Waals surface area contributed by atoms with Gasteiger partial charge in [-0.2, -0.15) is 0 Å². The summed E-state index contributed by atoms with van der Waals surface area (Å²) in [6.45, 7) is 5.14. The van der Waals surface area contributed by atoms with Crippen LogP contribution in [0.1, 0.15) is 22.8 Å². The Morgan fingerprint density at radius 3 is 2.95 bits per heavy atom. The van der Waals surface area contributed by atoms with Crippen LogP contribution in [0.15, 0.2) is 18.2 Å². The van der Waals surface area contributed by atoms with Crippen LogP contribution in [0, 0.1) is 10.1 Å². The van der Waals surface area contributed by atoms with Crippen LogP contribution in [0.2, 0.25) is 0 Å². The molecule has 1 fully saturated rings. The lowest BCUT2D eigenvalue weighted by atomic mass is 10.1. The van der Waals surface area contributed by atoms with E-state index < -0.39 is 10.8 Å². The first-order chi connectivity index (χ1) is 9.47. The highest BCUT2D eigenvalue weighted by molar-refractivity contribution is 5.93. The second kappa shape index (κ2) is 5.98. The smallest absolute Gasteiger partial charge is 0.274 e. The highest BCUT2D eigenvalue weighted by Gasteiger charge is 2.21. The normalized spacial score (nSPS) is 19.8. The third-order valence-electron chi connectivity index (χ3n) is 3.41. The van der Waals surface area contributed by atoms with Crippen LogP contribution in [0.3, 0.4) is 0 Å². The number of hydrogen-bond donors (Lipinski definition) is 2. The van der Waals surface area contributed by atoms with Crippen molar-refractivity contribution in [3.8, 4) is 0 Å². The first kappa shape index (κ1) is 14.4. The molecule has 108 valence electrons. The lowest BCUT2D eigenvalue weighted by molar-refractivity contribution is -0.385. The molecule has 7 nitrogen and oxygen atoms in total. The summed E-state index contributed by atoms with van der Waals surface area (Å²) in [5.74, 6) is -0.657. The quantitative estimate of drug-likeness (QED) is 0.616. The van der Waals surface area contributed by atoms with Crippen LogP contribution in [0.25, 0.3) is 0 Å². The maximum atomic E-state index is 11.1. The molecule has 1 aromatic carbocycles. The molecule has 1 saturated heterocycles. The number of nitro benzene ring substituents is 1. The van der Waals surface area contributed by atoms with Crippen molar-refractivity contribution in [1.82, 2.24) is 10.2 Å². The third kappa shape index (κ3) is 3.31. The van der Waals surface area contributed by atoms with Crippen molar-refractivity contribution in [2.45, 2.75) is 19.5 Å². The molecule has 0 spiro atoms. The van der Waals surface area contributed by atoms with E-state index >= 15 is 0 Å². The van der Waals surface area contributed by atoms with Crippen LogP contribution in [-0.4, -0.2) is 41.4 Å². The van der Waals surface area contributed by atoms with E-state index in [9.17, 15) is 14.9 Å². The number of benzene rings is 1. The zero-order valence-electron chi connectivity index (χ0n) is 11.3. The van der Waals surface area contributed by atoms with Crippen LogP contribution in [0.5, 0.6) is 0 Å². The van der Waals surface area contributed by atoms with Crippen molar-refractivity contribution in [3.05, 3.63) is 39.4 Å². The lowest BCUT2D eigenvalue weighted by Crippen LogP contribution is -2.48. The number of primary amides is 1. The van der Waals surface area contributed by atoms with Crippen molar-refractivity contribution in [3.63, 3.8) is 0 Å². The molecule has 7 heteroatoms. The van der Waals surface area contributed by atoms with Crippen molar-refractivity contribution in [2.75, 3.05) is 19.6 Å². The Morgan fingerprint density at radius 1 is 1.60 bits per heavy atom. The molecule has 3 N–H and O–H groups in total. The summed E-state index contributed by atoms with van der Waals surface area (Å²) in [6.07, 6.45) is 0. The largest absolute Gasteiger partial charge is 0.366 e. The molecule has 0 bridgehead atoms. The highest BCUT2D eigenvalue weighted by Crippen LogP contribution is 2.22. The van der Waals surface area contributed by atoms with E-state index in [-0.39, 0.29) is 11.3 Å². The van der Waals surface area contributed by atoms with Gasteiger partial charge in [0, 0.05) is 49.4 Å². The highest BCUT2D eigenvalue weighted by atomic mass is 16.6. The standard InChI is InChI=1S/C13H18N4O3/c1-9-7-16(5-4-15-9)8-11-3-2-10(13(14)18)6-12(11)17(19)20/h2-3,6,9,15H,4-5,7-8H2,1H3,(H2,14,18). The fourth-order valence-electron chi connectivity index (χ4n) is 2.42. The molecule has 1 aromatic rings. The fourth-order valence-corrected chi connectivity index (χ4v) is 2.42. The Labute approximate surface area is 116 Å². The average Bonchev–Trinajstić information content (AvgIpc) is 2.38. The Balaban J connectivity index is 2.22. The minimum absolute atomic E-state index is 0.0486. The van der Waals surface area contributed by atoms with E-state index in [4.69, 9.17) is 5.73 Å². The maximum Gasteiger partial charge on any atom is 0.274 e. The number of carbonyl (C=O) groups is 1. The van der Waals surface area contributed by atoms with E-state index in [0.717, 1.165) is 19.6 Å². The van der Waals surface area contributed by atoms with E-state index in [1.54, 1.807) is 6.07 Å². The second-order valence-electron chi connectivity index (χ2n) is 5.06. The maximum absolute atomic E-state index is 11.1. The van der Waals surface area contributed by atoms with Gasteiger partial charge in [0.2, 0.25) is 5.91 Å². The summed E-state index contributed by atoms with van der Waals surface area (Å²) >= 11 is 0. The van der Waals surface area contributed by atoms with Gasteiger partial charge in [0.25, 0.3) is 5.69 Å². The Kier molecular flexibility index (Phi) is 4.31. The number of hydrogen-bond acceptors (Lipinski definition) is 5. The molecule has 1 aliphatic heterocycles. The van der Waals surface area contributed by atoms with Gasteiger partial charge in [-0.25, -0.2) is 0 Å². The summed E-state index contributed by atoms with van der Waals surface area (Å²) in [7, 11) is 0. The van der Waals surface area contributed by atoms with Gasteiger partial charge in [-0.1, -0.05) is 6.07 Å². The Bertz CT molecular complexity index is 532. The average molecular weight is 278 g/mol. The second-order valence-corrected chi connectivity index (χ2v) is 5.06. The van der Waals surface area contributed by atoms with Gasteiger partial charge in [0.05, 0.1) is 4.92 Å². The predicted octanol–water partition coefficient (Wildman–Crippen LogP) is 0.487. The molecule has 0 radical (unpaired) electrons. The number of nitrogens with zero attached hydrogens (tertiary/aromatic N) is 2. The number of nitrogens with two attached hydrogens (primary N) is 1. The number of amides is 1. The first-order valence-corrected chi connectivity index (χ1v) is 6.50. The third-order valence-corrected chi connectivity index (χ3v) is 3.41. The van der Waals surface area contributed by atoms with E-state index in [1.165, 1.54) is 12.1 Å². The Morgan fingerprint density at radius 2 is 2.35 bits per heavy atom. The summed E-state index contributed by atoms with van der Waals surface area (Å²) in [5, 5.41) is 14.4. The van der Waals surface area contributed by atoms with Gasteiger partial charge in [-0.3, -0.25) is 19.8 Å². The van der Waals surface area contributed by atoms with Crippen LogP contribution in [-0.2, 0) is 6.54 Å². The predicted molar refractivity (Wildman–Crippen MR) is 74.4 cm³/mol. The molecule has 1 aliphatic rings. The molecular formula is C13H18N4O3. The van der Waals surface area contributed by atoms with Crippen molar-refractivity contribution < 1.29 is 9.72 Å². The molecule has 1 unspecified atom stereocenters. The monoisotopic (exact) mass is 278 g/mol. The van der Waals surface area contributed by atoms with Crippen molar-refractivity contribution in [2.24, 2.45) is 5.73 Å². The molecule has 0 saturated carbocycles. The number of piperazine rings is 1. The number of nitrogens with one attached hydrogen (secondary N) is 1. The number of rotatable bonds is 4. The van der Waals surface area contributed by atoms with Crippen LogP contribution in [0.4, 0.5) is 5.69 Å². The minimum atomic E-state index is -0.657. The number of nitro groups is 1. The summed E-state index contributed by atoms with van der Waals surface area (Å²) in [6, 6.07) is 4.78. The van der Waals surface area contributed by atoms with E-state index in [1.807, 2.05) is 0 Å². The van der Waals surface area contributed by atoms with Crippen LogP contribution >= 0.6 is 0 Å². The molecule has 0 aromatic heterocycles. The minimum Gasteiger partial charge on any atom is -0.366 e. The van der Waals surface area contributed by atoms with Crippen molar-refractivity contribution >= 4 is 11.6 Å². The summed E-state index contributed by atoms with van der Waals surface area (Å²) < 4.78 is 0. The van der Waals surface area contributed by atoms with Gasteiger partial charge in [0.15, 0.2) is 0 Å². The molecule has 2 rings (SSSR count). The molecule has 1 amide bonds. The van der Waals surface area contributed by atoms with Gasteiger partial charge in [-0.15, -0.1) is 0 Å². The SMILES string of the molecule is CC1CN(Cc2ccc(C(N)=O)cc2[N+](=O)[O-])CCN1. The van der Waals surface area contributed by atoms with Gasteiger partial charge < -0.3 is 11.1 Å². The fraction of sp³-hybridized carbons (Fsp3) is 0.462. The van der Waals surface area contributed by atoms with Crippen LogP contribution < -0.4 is 11.1 Å². The molecule has 1 atom stereocenters. The lowest BCUT2D eigenvalue weighted by Gasteiger charge is -2.31. The Hall–Kier alpha value is -1.99. The van der Waals surface area contributed by atoms with E-state index in [0.29, 0.717) is 18.2 Å². The van der Waals surface area contributed by atoms with Gasteiger partial charge in [-0.05, 0) is 13.0 Å². The molecule has 1 heterocycles. The van der Waals surface area contributed by atoms with Crippen molar-refractivity contribution in [1.29, 1.82) is 0 Å².